The Morgan fingerprint density at radius 2 is 1.96 bits per heavy atom. The Hall–Kier alpha value is -2.70. The zero-order chi connectivity index (χ0) is 19.5. The number of nitro groups is 1. The van der Waals surface area contributed by atoms with Gasteiger partial charge >= 0.3 is 11.8 Å². The molecule has 0 radical (unpaired) electrons. The summed E-state index contributed by atoms with van der Waals surface area (Å²) in [5.74, 6) is -0.0507. The second-order valence-corrected chi connectivity index (χ2v) is 7.25. The summed E-state index contributed by atoms with van der Waals surface area (Å²) in [7, 11) is 0. The van der Waals surface area contributed by atoms with Crippen LogP contribution < -0.4 is 0 Å². The maximum Gasteiger partial charge on any atom is 0.342 e. The van der Waals surface area contributed by atoms with Crippen LogP contribution in [0.5, 0.6) is 0 Å². The van der Waals surface area contributed by atoms with Gasteiger partial charge in [0.05, 0.1) is 12.0 Å². The van der Waals surface area contributed by atoms with Crippen LogP contribution in [0.1, 0.15) is 44.1 Å². The van der Waals surface area contributed by atoms with E-state index in [2.05, 4.69) is 18.8 Å². The monoisotopic (exact) mass is 359 g/mol. The lowest BCUT2D eigenvalue weighted by molar-refractivity contribution is -0.392. The van der Waals surface area contributed by atoms with Crippen molar-refractivity contribution in [3.63, 3.8) is 0 Å². The molecule has 1 N–H and O–H groups in total. The molecule has 140 valence electrons. The van der Waals surface area contributed by atoms with E-state index in [1.165, 1.54) is 10.8 Å². The van der Waals surface area contributed by atoms with Crippen molar-refractivity contribution in [1.82, 2.24) is 9.55 Å². The largest absolute Gasteiger partial charge is 0.481 e. The van der Waals surface area contributed by atoms with Crippen LogP contribution in [0.3, 0.4) is 0 Å². The van der Waals surface area contributed by atoms with Gasteiger partial charge in [-0.1, -0.05) is 38.1 Å². The van der Waals surface area contributed by atoms with Crippen molar-refractivity contribution in [2.45, 2.75) is 52.5 Å². The van der Waals surface area contributed by atoms with Crippen LogP contribution in [0.4, 0.5) is 5.82 Å². The fourth-order valence-corrected chi connectivity index (χ4v) is 3.07. The van der Waals surface area contributed by atoms with Crippen LogP contribution in [0.25, 0.3) is 0 Å². The highest BCUT2D eigenvalue weighted by Gasteiger charge is 2.36. The molecule has 26 heavy (non-hydrogen) atoms. The summed E-state index contributed by atoms with van der Waals surface area (Å²) in [6.07, 6.45) is 2.36. The van der Waals surface area contributed by atoms with Gasteiger partial charge < -0.3 is 15.2 Å². The molecule has 0 bridgehead atoms. The molecule has 0 saturated carbocycles. The van der Waals surface area contributed by atoms with Crippen molar-refractivity contribution < 1.29 is 14.8 Å². The number of carboxylic acid groups (broad SMARTS) is 1. The summed E-state index contributed by atoms with van der Waals surface area (Å²) in [5, 5.41) is 20.9. The Balaban J connectivity index is 2.26. The van der Waals surface area contributed by atoms with Crippen LogP contribution in [-0.4, -0.2) is 25.6 Å². The SMILES string of the molecule is Cc1ncc([N+](=O)[O-])n1CC[C@](C)(C(=O)O)c1ccc(CC(C)C)cc1. The highest BCUT2D eigenvalue weighted by molar-refractivity contribution is 5.80. The molecule has 1 aromatic heterocycles. The van der Waals surface area contributed by atoms with Crippen LogP contribution >= 0.6 is 0 Å². The fourth-order valence-electron chi connectivity index (χ4n) is 3.07. The Morgan fingerprint density at radius 3 is 2.46 bits per heavy atom. The molecule has 0 amide bonds. The number of benzene rings is 1. The number of imidazole rings is 1. The molecule has 7 nitrogen and oxygen atoms in total. The Kier molecular flexibility index (Phi) is 5.79. The molecule has 0 spiro atoms. The van der Waals surface area contributed by atoms with Gasteiger partial charge in [-0.05, 0) is 35.3 Å². The first kappa shape index (κ1) is 19.6. The second-order valence-electron chi connectivity index (χ2n) is 7.25. The summed E-state index contributed by atoms with van der Waals surface area (Å²) in [6, 6.07) is 7.62. The van der Waals surface area contributed by atoms with Gasteiger partial charge in [0.2, 0.25) is 0 Å². The van der Waals surface area contributed by atoms with Crippen LogP contribution in [0.2, 0.25) is 0 Å². The third kappa shape index (κ3) is 4.09. The number of aryl methyl sites for hydroxylation is 1. The number of aromatic nitrogens is 2. The molecule has 2 aromatic rings. The summed E-state index contributed by atoms with van der Waals surface area (Å²) in [6.45, 7) is 7.81. The number of rotatable bonds is 8. The molecule has 1 aromatic carbocycles. The van der Waals surface area contributed by atoms with Gasteiger partial charge in [-0.15, -0.1) is 0 Å². The molecule has 1 atom stereocenters. The average molecular weight is 359 g/mol. The number of nitrogens with zero attached hydrogens (tertiary/aromatic N) is 3. The van der Waals surface area contributed by atoms with Gasteiger partial charge in [0.25, 0.3) is 0 Å². The minimum absolute atomic E-state index is 0.123. The van der Waals surface area contributed by atoms with E-state index in [0.717, 1.165) is 12.0 Å². The fraction of sp³-hybridized carbons (Fsp3) is 0.474. The number of carboxylic acids is 1. The lowest BCUT2D eigenvalue weighted by Gasteiger charge is -2.25. The van der Waals surface area contributed by atoms with Gasteiger partial charge in [0, 0.05) is 13.3 Å². The number of hydrogen-bond acceptors (Lipinski definition) is 4. The van der Waals surface area contributed by atoms with E-state index in [1.54, 1.807) is 13.8 Å². The molecule has 0 aliphatic heterocycles. The second kappa shape index (κ2) is 7.68. The van der Waals surface area contributed by atoms with Crippen molar-refractivity contribution in [1.29, 1.82) is 0 Å². The van der Waals surface area contributed by atoms with Crippen LogP contribution in [0, 0.1) is 23.0 Å². The quantitative estimate of drug-likeness (QED) is 0.572. The first-order valence-corrected chi connectivity index (χ1v) is 8.64. The van der Waals surface area contributed by atoms with Crippen molar-refractivity contribution in [3.05, 3.63) is 57.5 Å². The maximum atomic E-state index is 12.0. The van der Waals surface area contributed by atoms with Crippen molar-refractivity contribution in [3.8, 4) is 0 Å². The standard InChI is InChI=1S/C19H25N3O4/c1-13(2)11-15-5-7-16(8-6-15)19(4,18(23)24)9-10-21-14(3)20-12-17(21)22(25)26/h5-8,12-13H,9-11H2,1-4H3,(H,23,24)/t19-/m0/s1. The first-order chi connectivity index (χ1) is 12.1. The highest BCUT2D eigenvalue weighted by Crippen LogP contribution is 2.30. The molecule has 1 heterocycles. The van der Waals surface area contributed by atoms with E-state index in [-0.39, 0.29) is 18.8 Å². The van der Waals surface area contributed by atoms with E-state index in [9.17, 15) is 20.0 Å². The summed E-state index contributed by atoms with van der Waals surface area (Å²) in [5.41, 5.74) is 0.719. The lowest BCUT2D eigenvalue weighted by atomic mass is 9.79. The molecule has 2 rings (SSSR count). The topological polar surface area (TPSA) is 98.3 Å². The van der Waals surface area contributed by atoms with Gasteiger partial charge in [0.1, 0.15) is 6.20 Å². The normalized spacial score (nSPS) is 13.6. The van der Waals surface area contributed by atoms with E-state index < -0.39 is 16.3 Å². The summed E-state index contributed by atoms with van der Waals surface area (Å²) < 4.78 is 1.45. The third-order valence-electron chi connectivity index (χ3n) is 4.76. The highest BCUT2D eigenvalue weighted by atomic mass is 16.6. The Morgan fingerprint density at radius 1 is 1.35 bits per heavy atom. The van der Waals surface area contributed by atoms with Gasteiger partial charge in [0.15, 0.2) is 5.82 Å². The third-order valence-corrected chi connectivity index (χ3v) is 4.76. The summed E-state index contributed by atoms with van der Waals surface area (Å²) >= 11 is 0. The van der Waals surface area contributed by atoms with E-state index >= 15 is 0 Å². The zero-order valence-corrected chi connectivity index (χ0v) is 15.6. The van der Waals surface area contributed by atoms with Crippen molar-refractivity contribution in [2.75, 3.05) is 0 Å². The lowest BCUT2D eigenvalue weighted by Crippen LogP contribution is -2.34. The van der Waals surface area contributed by atoms with E-state index in [4.69, 9.17) is 0 Å². The molecular formula is C19H25N3O4. The zero-order valence-electron chi connectivity index (χ0n) is 15.6. The first-order valence-electron chi connectivity index (χ1n) is 8.64. The van der Waals surface area contributed by atoms with Gasteiger partial charge in [-0.3, -0.25) is 4.79 Å². The molecule has 0 unspecified atom stereocenters. The predicted octanol–water partition coefficient (Wildman–Crippen LogP) is 3.73. The van der Waals surface area contributed by atoms with Crippen LogP contribution in [-0.2, 0) is 23.2 Å². The number of carbonyl (C=O) groups is 1. The van der Waals surface area contributed by atoms with E-state index in [1.807, 2.05) is 24.3 Å². The number of hydrogen-bond donors (Lipinski definition) is 1. The predicted molar refractivity (Wildman–Crippen MR) is 98.2 cm³/mol. The molecular weight excluding hydrogens is 334 g/mol. The van der Waals surface area contributed by atoms with Crippen LogP contribution in [0.15, 0.2) is 30.5 Å². The average Bonchev–Trinajstić information content (AvgIpc) is 2.93. The van der Waals surface area contributed by atoms with Crippen molar-refractivity contribution >= 4 is 11.8 Å². The molecule has 0 aliphatic rings. The molecule has 0 fully saturated rings. The molecule has 0 saturated heterocycles. The molecule has 0 aliphatic carbocycles. The van der Waals surface area contributed by atoms with Crippen molar-refractivity contribution in [2.24, 2.45) is 5.92 Å². The minimum atomic E-state index is -1.14. The molecule has 7 heteroatoms. The van der Waals surface area contributed by atoms with Gasteiger partial charge in [-0.25, -0.2) is 9.55 Å². The maximum absolute atomic E-state index is 12.0. The van der Waals surface area contributed by atoms with E-state index in [0.29, 0.717) is 17.3 Å². The Bertz CT molecular complexity index is 796. The Labute approximate surface area is 152 Å². The number of aliphatic carboxylic acids is 1. The smallest absolute Gasteiger partial charge is 0.342 e. The van der Waals surface area contributed by atoms with Gasteiger partial charge in [-0.2, -0.15) is 0 Å². The summed E-state index contributed by atoms with van der Waals surface area (Å²) in [4.78, 5) is 26.6. The minimum Gasteiger partial charge on any atom is -0.481 e.